The Hall–Kier alpha value is -0.900. The molecule has 19 heavy (non-hydrogen) atoms. The van der Waals surface area contributed by atoms with Crippen molar-refractivity contribution in [1.82, 2.24) is 10.3 Å². The maximum atomic E-state index is 5.92. The lowest BCUT2D eigenvalue weighted by Crippen LogP contribution is -2.22. The summed E-state index contributed by atoms with van der Waals surface area (Å²) in [6.07, 6.45) is 4.15. The van der Waals surface area contributed by atoms with Crippen molar-refractivity contribution < 1.29 is 0 Å². The van der Waals surface area contributed by atoms with Crippen LogP contribution in [0.15, 0.2) is 30.5 Å². The first-order valence-corrected chi connectivity index (χ1v) is 7.67. The monoisotopic (exact) mass is 294 g/mol. The van der Waals surface area contributed by atoms with E-state index in [0.29, 0.717) is 5.92 Å². The van der Waals surface area contributed by atoms with E-state index in [9.17, 15) is 0 Å². The van der Waals surface area contributed by atoms with E-state index < -0.39 is 0 Å². The van der Waals surface area contributed by atoms with Crippen LogP contribution >= 0.6 is 22.9 Å². The average Bonchev–Trinajstić information content (AvgIpc) is 2.78. The fourth-order valence-electron chi connectivity index (χ4n) is 2.24. The Morgan fingerprint density at radius 2 is 2.00 bits per heavy atom. The summed E-state index contributed by atoms with van der Waals surface area (Å²) in [6.45, 7) is 3.07. The average molecular weight is 295 g/mol. The normalized spacial score (nSPS) is 12.6. The van der Waals surface area contributed by atoms with Crippen molar-refractivity contribution in [3.05, 3.63) is 50.9 Å². The molecule has 0 saturated carbocycles. The Bertz CT molecular complexity index is 507. The molecule has 1 aromatic carbocycles. The fraction of sp³-hybridized carbons (Fsp3) is 0.400. The van der Waals surface area contributed by atoms with E-state index >= 15 is 0 Å². The maximum absolute atomic E-state index is 5.92. The Kier molecular flexibility index (Phi) is 5.37. The molecule has 0 radical (unpaired) electrons. The van der Waals surface area contributed by atoms with Gasteiger partial charge in [-0.15, -0.1) is 11.3 Å². The lowest BCUT2D eigenvalue weighted by atomic mass is 9.95. The van der Waals surface area contributed by atoms with Crippen LogP contribution in [-0.4, -0.2) is 18.6 Å². The topological polar surface area (TPSA) is 24.9 Å². The second-order valence-corrected chi connectivity index (χ2v) is 6.56. The molecule has 1 heterocycles. The second-order valence-electron chi connectivity index (χ2n) is 4.80. The quantitative estimate of drug-likeness (QED) is 0.878. The van der Waals surface area contributed by atoms with Crippen molar-refractivity contribution in [2.45, 2.75) is 19.8 Å². The first-order chi connectivity index (χ1) is 9.17. The van der Waals surface area contributed by atoms with E-state index in [-0.39, 0.29) is 0 Å². The highest BCUT2D eigenvalue weighted by Gasteiger charge is 2.12. The largest absolute Gasteiger partial charge is 0.319 e. The molecule has 1 unspecified atom stereocenters. The first kappa shape index (κ1) is 14.5. The van der Waals surface area contributed by atoms with Gasteiger partial charge in [0.15, 0.2) is 0 Å². The summed E-state index contributed by atoms with van der Waals surface area (Å²) in [6, 6.07) is 8.15. The standard InChI is InChI=1S/C15H19ClN2S/c1-11-18-10-15(19-11)8-13(9-17-2)7-12-3-5-14(16)6-4-12/h3-6,10,13,17H,7-9H2,1-2H3. The second kappa shape index (κ2) is 7.04. The van der Waals surface area contributed by atoms with Gasteiger partial charge in [-0.25, -0.2) is 4.98 Å². The van der Waals surface area contributed by atoms with Crippen LogP contribution in [0.1, 0.15) is 15.4 Å². The van der Waals surface area contributed by atoms with Crippen LogP contribution in [0.2, 0.25) is 5.02 Å². The summed E-state index contributed by atoms with van der Waals surface area (Å²) >= 11 is 7.72. The summed E-state index contributed by atoms with van der Waals surface area (Å²) < 4.78 is 0. The maximum Gasteiger partial charge on any atom is 0.0896 e. The first-order valence-electron chi connectivity index (χ1n) is 6.47. The van der Waals surface area contributed by atoms with Crippen molar-refractivity contribution in [1.29, 1.82) is 0 Å². The number of benzene rings is 1. The molecule has 102 valence electrons. The van der Waals surface area contributed by atoms with Crippen molar-refractivity contribution in [3.63, 3.8) is 0 Å². The van der Waals surface area contributed by atoms with Gasteiger partial charge in [0.25, 0.3) is 0 Å². The third kappa shape index (κ3) is 4.60. The van der Waals surface area contributed by atoms with Crippen LogP contribution in [-0.2, 0) is 12.8 Å². The van der Waals surface area contributed by atoms with Gasteiger partial charge in [0.1, 0.15) is 0 Å². The minimum Gasteiger partial charge on any atom is -0.319 e. The van der Waals surface area contributed by atoms with Crippen LogP contribution in [0.25, 0.3) is 0 Å². The van der Waals surface area contributed by atoms with E-state index in [2.05, 4.69) is 29.4 Å². The van der Waals surface area contributed by atoms with Gasteiger partial charge in [0.05, 0.1) is 5.01 Å². The third-order valence-corrected chi connectivity index (χ3v) is 4.28. The van der Waals surface area contributed by atoms with E-state index in [1.807, 2.05) is 25.4 Å². The van der Waals surface area contributed by atoms with Crippen molar-refractivity contribution >= 4 is 22.9 Å². The molecule has 1 aromatic heterocycles. The van der Waals surface area contributed by atoms with Crippen LogP contribution in [0.5, 0.6) is 0 Å². The molecular formula is C15H19ClN2S. The smallest absolute Gasteiger partial charge is 0.0896 e. The summed E-state index contributed by atoms with van der Waals surface area (Å²) in [5, 5.41) is 5.23. The number of nitrogens with one attached hydrogen (secondary N) is 1. The Morgan fingerprint density at radius 3 is 2.58 bits per heavy atom. The predicted octanol–water partition coefficient (Wildman–Crippen LogP) is 3.73. The molecule has 0 fully saturated rings. The van der Waals surface area contributed by atoms with Crippen LogP contribution in [0.4, 0.5) is 0 Å². The molecule has 1 N–H and O–H groups in total. The number of rotatable bonds is 6. The van der Waals surface area contributed by atoms with Crippen LogP contribution in [0, 0.1) is 12.8 Å². The molecule has 2 nitrogen and oxygen atoms in total. The minimum absolute atomic E-state index is 0.589. The number of hydrogen-bond donors (Lipinski definition) is 1. The van der Waals surface area contributed by atoms with E-state index in [1.165, 1.54) is 10.4 Å². The molecule has 0 aliphatic carbocycles. The van der Waals surface area contributed by atoms with E-state index in [1.54, 1.807) is 11.3 Å². The third-order valence-electron chi connectivity index (χ3n) is 3.09. The summed E-state index contributed by atoms with van der Waals surface area (Å²) in [7, 11) is 2.01. The lowest BCUT2D eigenvalue weighted by molar-refractivity contribution is 0.496. The number of aryl methyl sites for hydroxylation is 1. The molecule has 0 saturated heterocycles. The van der Waals surface area contributed by atoms with Gasteiger partial charge < -0.3 is 5.32 Å². The zero-order valence-corrected chi connectivity index (χ0v) is 12.9. The molecule has 0 spiro atoms. The molecule has 0 amide bonds. The summed E-state index contributed by atoms with van der Waals surface area (Å²) in [5.41, 5.74) is 1.34. The highest BCUT2D eigenvalue weighted by atomic mass is 35.5. The van der Waals surface area contributed by atoms with Crippen molar-refractivity contribution in [2.75, 3.05) is 13.6 Å². The zero-order valence-electron chi connectivity index (χ0n) is 11.3. The molecule has 4 heteroatoms. The molecule has 0 aliphatic rings. The number of hydrogen-bond acceptors (Lipinski definition) is 3. The Morgan fingerprint density at radius 1 is 1.26 bits per heavy atom. The predicted molar refractivity (Wildman–Crippen MR) is 83.1 cm³/mol. The summed E-state index contributed by atoms with van der Waals surface area (Å²) in [4.78, 5) is 5.70. The zero-order chi connectivity index (χ0) is 13.7. The number of aromatic nitrogens is 1. The highest BCUT2D eigenvalue weighted by molar-refractivity contribution is 7.11. The molecular weight excluding hydrogens is 276 g/mol. The van der Waals surface area contributed by atoms with E-state index in [4.69, 9.17) is 11.6 Å². The SMILES string of the molecule is CNCC(Cc1ccc(Cl)cc1)Cc1cnc(C)s1. The van der Waals surface area contributed by atoms with Crippen LogP contribution in [0.3, 0.4) is 0 Å². The van der Waals surface area contributed by atoms with Gasteiger partial charge in [0.2, 0.25) is 0 Å². The van der Waals surface area contributed by atoms with Crippen LogP contribution < -0.4 is 5.32 Å². The van der Waals surface area contributed by atoms with Gasteiger partial charge in [-0.1, -0.05) is 23.7 Å². The van der Waals surface area contributed by atoms with Gasteiger partial charge >= 0.3 is 0 Å². The van der Waals surface area contributed by atoms with Crippen molar-refractivity contribution in [2.24, 2.45) is 5.92 Å². The van der Waals surface area contributed by atoms with Gasteiger partial charge in [-0.3, -0.25) is 0 Å². The minimum atomic E-state index is 0.589. The van der Waals surface area contributed by atoms with Gasteiger partial charge in [0, 0.05) is 16.1 Å². The van der Waals surface area contributed by atoms with Gasteiger partial charge in [-0.05, 0) is 57.0 Å². The number of nitrogens with zero attached hydrogens (tertiary/aromatic N) is 1. The molecule has 0 bridgehead atoms. The fourth-order valence-corrected chi connectivity index (χ4v) is 3.28. The molecule has 1 atom stereocenters. The molecule has 0 aliphatic heterocycles. The lowest BCUT2D eigenvalue weighted by Gasteiger charge is -2.15. The molecule has 2 rings (SSSR count). The Balaban J connectivity index is 2.01. The number of thiazole rings is 1. The number of halogens is 1. The molecule has 2 aromatic rings. The highest BCUT2D eigenvalue weighted by Crippen LogP contribution is 2.20. The summed E-state index contributed by atoms with van der Waals surface area (Å²) in [5.74, 6) is 0.589. The Labute approximate surface area is 123 Å². The van der Waals surface area contributed by atoms with Crippen molar-refractivity contribution in [3.8, 4) is 0 Å². The van der Waals surface area contributed by atoms with E-state index in [0.717, 1.165) is 29.4 Å². The van der Waals surface area contributed by atoms with Gasteiger partial charge in [-0.2, -0.15) is 0 Å².